The molecule has 2 aliphatic heterocycles. The molecule has 0 unspecified atom stereocenters. The Hall–Kier alpha value is -1.07. The van der Waals surface area contributed by atoms with Gasteiger partial charge in [-0.3, -0.25) is 0 Å². The number of likely N-dealkylation sites (tertiary alicyclic amines) is 1. The second-order valence-electron chi connectivity index (χ2n) is 3.84. The Morgan fingerprint density at radius 2 is 2.13 bits per heavy atom. The highest BCUT2D eigenvalue weighted by molar-refractivity contribution is 5.79. The van der Waals surface area contributed by atoms with E-state index in [4.69, 9.17) is 14.6 Å². The van der Waals surface area contributed by atoms with Crippen LogP contribution in [0.1, 0.15) is 12.8 Å². The summed E-state index contributed by atoms with van der Waals surface area (Å²) >= 11 is 0. The van der Waals surface area contributed by atoms with Gasteiger partial charge in [0.25, 0.3) is 0 Å². The minimum atomic E-state index is -0.928. The van der Waals surface area contributed by atoms with E-state index in [1.807, 2.05) is 4.90 Å². The van der Waals surface area contributed by atoms with E-state index in [1.165, 1.54) is 0 Å². The van der Waals surface area contributed by atoms with Crippen molar-refractivity contribution in [2.75, 3.05) is 26.3 Å². The van der Waals surface area contributed by atoms with E-state index in [9.17, 15) is 4.79 Å². The van der Waals surface area contributed by atoms with Gasteiger partial charge in [-0.1, -0.05) is 0 Å². The topological polar surface area (TPSA) is 59.0 Å². The molecule has 0 bridgehead atoms. The SMILES string of the molecule is O=C(O)/C=C/N1CCCC2(C1)OCCO2. The van der Waals surface area contributed by atoms with Gasteiger partial charge in [-0.2, -0.15) is 0 Å². The molecular formula is C10H15NO4. The van der Waals surface area contributed by atoms with Crippen molar-refractivity contribution in [1.82, 2.24) is 4.90 Å². The maximum Gasteiger partial charge on any atom is 0.329 e. The van der Waals surface area contributed by atoms with Crippen LogP contribution >= 0.6 is 0 Å². The number of aliphatic carboxylic acids is 1. The fourth-order valence-corrected chi connectivity index (χ4v) is 2.05. The van der Waals surface area contributed by atoms with Crippen LogP contribution in [0.5, 0.6) is 0 Å². The number of rotatable bonds is 2. The predicted molar refractivity (Wildman–Crippen MR) is 52.2 cm³/mol. The maximum absolute atomic E-state index is 10.4. The number of nitrogens with zero attached hydrogens (tertiary/aromatic N) is 1. The van der Waals surface area contributed by atoms with Gasteiger partial charge in [0.05, 0.1) is 19.8 Å². The van der Waals surface area contributed by atoms with E-state index in [0.29, 0.717) is 19.8 Å². The minimum absolute atomic E-state index is 0.485. The molecule has 0 saturated carbocycles. The summed E-state index contributed by atoms with van der Waals surface area (Å²) in [6, 6.07) is 0. The van der Waals surface area contributed by atoms with Crippen molar-refractivity contribution in [3.05, 3.63) is 12.3 Å². The second kappa shape index (κ2) is 4.20. The molecule has 2 heterocycles. The smallest absolute Gasteiger partial charge is 0.329 e. The first-order valence-corrected chi connectivity index (χ1v) is 5.13. The minimum Gasteiger partial charge on any atom is -0.478 e. The average Bonchev–Trinajstić information content (AvgIpc) is 2.63. The lowest BCUT2D eigenvalue weighted by Gasteiger charge is -2.37. The highest BCUT2D eigenvalue weighted by atomic mass is 16.7. The summed E-state index contributed by atoms with van der Waals surface area (Å²) < 4.78 is 11.1. The summed E-state index contributed by atoms with van der Waals surface area (Å²) in [6.45, 7) is 2.75. The Kier molecular flexibility index (Phi) is 2.93. The summed E-state index contributed by atoms with van der Waals surface area (Å²) in [5.74, 6) is -1.41. The van der Waals surface area contributed by atoms with Crippen LogP contribution in [-0.4, -0.2) is 48.1 Å². The third-order valence-corrected chi connectivity index (χ3v) is 2.69. The van der Waals surface area contributed by atoms with Crippen LogP contribution in [0.25, 0.3) is 0 Å². The van der Waals surface area contributed by atoms with Crippen LogP contribution in [0, 0.1) is 0 Å². The van der Waals surface area contributed by atoms with Gasteiger partial charge in [-0.15, -0.1) is 0 Å². The molecule has 0 aromatic heterocycles. The first-order valence-electron chi connectivity index (χ1n) is 5.13. The molecule has 1 spiro atoms. The van der Waals surface area contributed by atoms with Gasteiger partial charge in [0.15, 0.2) is 5.79 Å². The van der Waals surface area contributed by atoms with E-state index in [2.05, 4.69) is 0 Å². The van der Waals surface area contributed by atoms with Crippen LogP contribution < -0.4 is 0 Å². The first-order chi connectivity index (χ1) is 7.20. The Labute approximate surface area is 88.3 Å². The molecule has 0 atom stereocenters. The molecule has 0 aliphatic carbocycles. The summed E-state index contributed by atoms with van der Waals surface area (Å²) in [6.07, 6.45) is 4.59. The van der Waals surface area contributed by atoms with E-state index in [-0.39, 0.29) is 0 Å². The van der Waals surface area contributed by atoms with Crippen molar-refractivity contribution in [2.45, 2.75) is 18.6 Å². The van der Waals surface area contributed by atoms with Gasteiger partial charge in [-0.05, 0) is 6.42 Å². The summed E-state index contributed by atoms with van der Waals surface area (Å²) in [4.78, 5) is 12.3. The quantitative estimate of drug-likeness (QED) is 0.674. The molecule has 2 saturated heterocycles. The lowest BCUT2D eigenvalue weighted by molar-refractivity contribution is -0.183. The third kappa shape index (κ3) is 2.49. The average molecular weight is 213 g/mol. The van der Waals surface area contributed by atoms with Crippen LogP contribution in [0.3, 0.4) is 0 Å². The van der Waals surface area contributed by atoms with E-state index in [0.717, 1.165) is 25.5 Å². The zero-order valence-electron chi connectivity index (χ0n) is 8.52. The van der Waals surface area contributed by atoms with Gasteiger partial charge in [-0.25, -0.2) is 4.79 Å². The van der Waals surface area contributed by atoms with Gasteiger partial charge in [0.1, 0.15) is 0 Å². The number of ether oxygens (including phenoxy) is 2. The van der Waals surface area contributed by atoms with Crippen molar-refractivity contribution in [2.24, 2.45) is 0 Å². The van der Waals surface area contributed by atoms with Crippen LogP contribution in [-0.2, 0) is 14.3 Å². The van der Waals surface area contributed by atoms with Crippen LogP contribution in [0.2, 0.25) is 0 Å². The normalized spacial score (nSPS) is 25.2. The molecule has 5 heteroatoms. The van der Waals surface area contributed by atoms with E-state index >= 15 is 0 Å². The number of carbonyl (C=O) groups is 1. The van der Waals surface area contributed by atoms with Gasteiger partial charge in [0, 0.05) is 25.2 Å². The molecule has 2 fully saturated rings. The van der Waals surface area contributed by atoms with Crippen molar-refractivity contribution >= 4 is 5.97 Å². The molecule has 84 valence electrons. The number of carboxylic acids is 1. The molecular weight excluding hydrogens is 198 g/mol. The second-order valence-corrected chi connectivity index (χ2v) is 3.84. The third-order valence-electron chi connectivity index (χ3n) is 2.69. The monoisotopic (exact) mass is 213 g/mol. The number of carboxylic acid groups (broad SMARTS) is 1. The van der Waals surface area contributed by atoms with Crippen molar-refractivity contribution in [1.29, 1.82) is 0 Å². The highest BCUT2D eigenvalue weighted by Gasteiger charge is 2.39. The van der Waals surface area contributed by atoms with Gasteiger partial charge in [0.2, 0.25) is 0 Å². The Morgan fingerprint density at radius 1 is 1.40 bits per heavy atom. The lowest BCUT2D eigenvalue weighted by Crippen LogP contribution is -2.46. The lowest BCUT2D eigenvalue weighted by atomic mass is 10.1. The Morgan fingerprint density at radius 3 is 2.80 bits per heavy atom. The van der Waals surface area contributed by atoms with Crippen molar-refractivity contribution in [3.8, 4) is 0 Å². The predicted octanol–water partition coefficient (Wildman–Crippen LogP) is 0.424. The van der Waals surface area contributed by atoms with Crippen molar-refractivity contribution < 1.29 is 19.4 Å². The zero-order chi connectivity index (χ0) is 10.7. The summed E-state index contributed by atoms with van der Waals surface area (Å²) in [7, 11) is 0. The largest absolute Gasteiger partial charge is 0.478 e. The van der Waals surface area contributed by atoms with Gasteiger partial charge < -0.3 is 19.5 Å². The molecule has 0 radical (unpaired) electrons. The maximum atomic E-state index is 10.4. The van der Waals surface area contributed by atoms with Crippen LogP contribution in [0.4, 0.5) is 0 Å². The number of piperidine rings is 1. The molecule has 2 aliphatic rings. The van der Waals surface area contributed by atoms with Crippen LogP contribution in [0.15, 0.2) is 12.3 Å². The first kappa shape index (κ1) is 10.4. The number of hydrogen-bond donors (Lipinski definition) is 1. The van der Waals surface area contributed by atoms with Gasteiger partial charge >= 0.3 is 5.97 Å². The van der Waals surface area contributed by atoms with Crippen molar-refractivity contribution in [3.63, 3.8) is 0 Å². The Balaban J connectivity index is 1.95. The molecule has 0 aromatic rings. The molecule has 15 heavy (non-hydrogen) atoms. The molecule has 0 aromatic carbocycles. The fourth-order valence-electron chi connectivity index (χ4n) is 2.05. The highest BCUT2D eigenvalue weighted by Crippen LogP contribution is 2.29. The Bertz CT molecular complexity index is 271. The number of hydrogen-bond acceptors (Lipinski definition) is 4. The molecule has 1 N–H and O–H groups in total. The summed E-state index contributed by atoms with van der Waals surface area (Å²) in [5.41, 5.74) is 0. The molecule has 0 amide bonds. The molecule has 5 nitrogen and oxygen atoms in total. The summed E-state index contributed by atoms with van der Waals surface area (Å²) in [5, 5.41) is 8.52. The zero-order valence-corrected chi connectivity index (χ0v) is 8.52. The molecule has 2 rings (SSSR count). The van der Waals surface area contributed by atoms with E-state index in [1.54, 1.807) is 6.20 Å². The standard InChI is InChI=1S/C10H15NO4/c12-9(13)2-5-11-4-1-3-10(8-11)14-6-7-15-10/h2,5H,1,3-4,6-8H2,(H,12,13)/b5-2+. The fraction of sp³-hybridized carbons (Fsp3) is 0.700. The van der Waals surface area contributed by atoms with E-state index < -0.39 is 11.8 Å².